The minimum absolute atomic E-state index is 0.0565. The lowest BCUT2D eigenvalue weighted by Crippen LogP contribution is -2.05. The lowest BCUT2D eigenvalue weighted by molar-refractivity contribution is 0.0697. The largest absolute Gasteiger partial charge is 0.478 e. The average Bonchev–Trinajstić information content (AvgIpc) is 2.84. The van der Waals surface area contributed by atoms with E-state index in [0.29, 0.717) is 12.4 Å². The van der Waals surface area contributed by atoms with E-state index in [9.17, 15) is 4.79 Å². The van der Waals surface area contributed by atoms with Gasteiger partial charge in [-0.05, 0) is 29.5 Å². The zero-order valence-electron chi connectivity index (χ0n) is 10.3. The zero-order valence-corrected chi connectivity index (χ0v) is 11.9. The van der Waals surface area contributed by atoms with Gasteiger partial charge >= 0.3 is 5.97 Å². The first-order chi connectivity index (χ1) is 9.11. The quantitative estimate of drug-likeness (QED) is 0.884. The van der Waals surface area contributed by atoms with Gasteiger partial charge in [0.25, 0.3) is 0 Å². The molecule has 19 heavy (non-hydrogen) atoms. The Hall–Kier alpha value is -1.59. The first-order valence-corrected chi connectivity index (χ1v) is 7.05. The van der Waals surface area contributed by atoms with Crippen molar-refractivity contribution in [2.24, 2.45) is 0 Å². The molecule has 0 saturated carbocycles. The van der Waals surface area contributed by atoms with Crippen LogP contribution in [0.4, 0.5) is 5.82 Å². The molecule has 6 heteroatoms. The van der Waals surface area contributed by atoms with Crippen LogP contribution in [0.25, 0.3) is 0 Å². The number of aryl methyl sites for hydroxylation is 1. The number of aromatic nitrogens is 1. The third-order valence-electron chi connectivity index (χ3n) is 2.73. The molecule has 0 fully saturated rings. The van der Waals surface area contributed by atoms with Gasteiger partial charge in [0.05, 0.1) is 17.1 Å². The van der Waals surface area contributed by atoms with Crippen LogP contribution in [0, 0.1) is 0 Å². The molecule has 0 aliphatic rings. The second-order valence-electron chi connectivity index (χ2n) is 3.93. The number of halogens is 1. The van der Waals surface area contributed by atoms with Crippen molar-refractivity contribution in [1.82, 2.24) is 4.98 Å². The smallest absolute Gasteiger partial charge is 0.337 e. The lowest BCUT2D eigenvalue weighted by Gasteiger charge is -2.07. The molecule has 0 radical (unpaired) electrons. The summed E-state index contributed by atoms with van der Waals surface area (Å²) in [6, 6.07) is 3.55. The van der Waals surface area contributed by atoms with Gasteiger partial charge in [-0.25, -0.2) is 9.78 Å². The number of carbonyl (C=O) groups is 1. The molecule has 2 N–H and O–H groups in total. The molecule has 0 amide bonds. The van der Waals surface area contributed by atoms with Gasteiger partial charge in [0.1, 0.15) is 5.82 Å². The SMILES string of the molecule is CCc1ccsc1CNc1cc(C(=O)O)c(Cl)cn1. The molecule has 0 atom stereocenters. The first kappa shape index (κ1) is 13.8. The Morgan fingerprint density at radius 3 is 3.05 bits per heavy atom. The summed E-state index contributed by atoms with van der Waals surface area (Å²) in [7, 11) is 0. The number of carboxylic acids is 1. The zero-order chi connectivity index (χ0) is 13.8. The summed E-state index contributed by atoms with van der Waals surface area (Å²) in [5.74, 6) is -0.543. The number of thiophene rings is 1. The molecule has 0 unspecified atom stereocenters. The molecule has 0 aliphatic heterocycles. The fraction of sp³-hybridized carbons (Fsp3) is 0.231. The molecule has 2 heterocycles. The highest BCUT2D eigenvalue weighted by Gasteiger charge is 2.10. The maximum absolute atomic E-state index is 11.0. The van der Waals surface area contributed by atoms with Crippen LogP contribution in [-0.4, -0.2) is 16.1 Å². The molecule has 4 nitrogen and oxygen atoms in total. The van der Waals surface area contributed by atoms with E-state index in [1.54, 1.807) is 11.3 Å². The molecule has 2 rings (SSSR count). The monoisotopic (exact) mass is 296 g/mol. The van der Waals surface area contributed by atoms with Gasteiger partial charge < -0.3 is 10.4 Å². The Bertz CT molecular complexity index is 598. The van der Waals surface area contributed by atoms with E-state index in [-0.39, 0.29) is 10.6 Å². The van der Waals surface area contributed by atoms with Crippen LogP contribution in [0.2, 0.25) is 5.02 Å². The van der Waals surface area contributed by atoms with Crippen molar-refractivity contribution in [2.45, 2.75) is 19.9 Å². The minimum atomic E-state index is -1.05. The predicted octanol–water partition coefficient (Wildman–Crippen LogP) is 3.67. The normalized spacial score (nSPS) is 10.4. The van der Waals surface area contributed by atoms with E-state index in [4.69, 9.17) is 16.7 Å². The number of hydrogen-bond acceptors (Lipinski definition) is 4. The van der Waals surface area contributed by atoms with Gasteiger partial charge in [-0.3, -0.25) is 0 Å². The molecule has 2 aromatic heterocycles. The summed E-state index contributed by atoms with van der Waals surface area (Å²) >= 11 is 7.44. The summed E-state index contributed by atoms with van der Waals surface area (Å²) in [6.45, 7) is 2.74. The predicted molar refractivity (Wildman–Crippen MR) is 77.2 cm³/mol. The number of aromatic carboxylic acids is 1. The van der Waals surface area contributed by atoms with Crippen LogP contribution in [0.15, 0.2) is 23.7 Å². The van der Waals surface area contributed by atoms with Crippen LogP contribution >= 0.6 is 22.9 Å². The molecule has 100 valence electrons. The van der Waals surface area contributed by atoms with Gasteiger partial charge in [-0.2, -0.15) is 0 Å². The number of hydrogen-bond donors (Lipinski definition) is 2. The molecule has 0 saturated heterocycles. The Balaban J connectivity index is 2.12. The van der Waals surface area contributed by atoms with Gasteiger partial charge in [-0.15, -0.1) is 11.3 Å². The Kier molecular flexibility index (Phi) is 4.39. The number of rotatable bonds is 5. The maximum atomic E-state index is 11.0. The topological polar surface area (TPSA) is 62.2 Å². The number of anilines is 1. The Morgan fingerprint density at radius 1 is 1.58 bits per heavy atom. The van der Waals surface area contributed by atoms with Gasteiger partial charge in [0.2, 0.25) is 0 Å². The highest BCUT2D eigenvalue weighted by Crippen LogP contribution is 2.21. The van der Waals surface area contributed by atoms with Crippen molar-refractivity contribution in [3.8, 4) is 0 Å². The molecule has 2 aromatic rings. The van der Waals surface area contributed by atoms with E-state index in [2.05, 4.69) is 23.3 Å². The van der Waals surface area contributed by atoms with E-state index < -0.39 is 5.97 Å². The van der Waals surface area contributed by atoms with Crippen LogP contribution in [0.3, 0.4) is 0 Å². The molecule has 0 aromatic carbocycles. The highest BCUT2D eigenvalue weighted by atomic mass is 35.5. The van der Waals surface area contributed by atoms with E-state index >= 15 is 0 Å². The number of nitrogens with one attached hydrogen (secondary N) is 1. The molecule has 0 spiro atoms. The molecule has 0 aliphatic carbocycles. The summed E-state index contributed by atoms with van der Waals surface area (Å²) in [5, 5.41) is 14.3. The third-order valence-corrected chi connectivity index (χ3v) is 4.00. The van der Waals surface area contributed by atoms with Gasteiger partial charge in [0, 0.05) is 11.1 Å². The standard InChI is InChI=1S/C13H13ClN2O2S/c1-2-8-3-4-19-11(8)7-16-12-5-9(13(17)18)10(14)6-15-12/h3-6H,2,7H2,1H3,(H,15,16)(H,17,18). The fourth-order valence-corrected chi connectivity index (χ4v) is 2.81. The summed E-state index contributed by atoms with van der Waals surface area (Å²) in [5.41, 5.74) is 1.35. The number of nitrogens with zero attached hydrogens (tertiary/aromatic N) is 1. The van der Waals surface area contributed by atoms with E-state index in [0.717, 1.165) is 6.42 Å². The van der Waals surface area contributed by atoms with Crippen LogP contribution in [-0.2, 0) is 13.0 Å². The highest BCUT2D eigenvalue weighted by molar-refractivity contribution is 7.10. The lowest BCUT2D eigenvalue weighted by atomic mass is 10.2. The van der Waals surface area contributed by atoms with Crippen molar-refractivity contribution >= 4 is 34.7 Å². The van der Waals surface area contributed by atoms with Crippen LogP contribution < -0.4 is 5.32 Å². The average molecular weight is 297 g/mol. The molecular weight excluding hydrogens is 284 g/mol. The van der Waals surface area contributed by atoms with Crippen molar-refractivity contribution in [2.75, 3.05) is 5.32 Å². The third kappa shape index (κ3) is 3.24. The number of pyridine rings is 1. The Labute approximate surface area is 120 Å². The fourth-order valence-electron chi connectivity index (χ4n) is 1.71. The van der Waals surface area contributed by atoms with Gasteiger partial charge in [0.15, 0.2) is 0 Å². The minimum Gasteiger partial charge on any atom is -0.478 e. The summed E-state index contributed by atoms with van der Waals surface area (Å²) in [4.78, 5) is 16.3. The van der Waals surface area contributed by atoms with Crippen molar-refractivity contribution in [1.29, 1.82) is 0 Å². The van der Waals surface area contributed by atoms with Crippen molar-refractivity contribution in [3.05, 3.63) is 44.7 Å². The first-order valence-electron chi connectivity index (χ1n) is 5.79. The van der Waals surface area contributed by atoms with Gasteiger partial charge in [-0.1, -0.05) is 18.5 Å². The summed E-state index contributed by atoms with van der Waals surface area (Å²) < 4.78 is 0. The molecular formula is C13H13ClN2O2S. The maximum Gasteiger partial charge on any atom is 0.337 e. The van der Waals surface area contributed by atoms with Crippen molar-refractivity contribution < 1.29 is 9.90 Å². The van der Waals surface area contributed by atoms with E-state index in [1.807, 2.05) is 5.38 Å². The molecule has 0 bridgehead atoms. The Morgan fingerprint density at radius 2 is 2.37 bits per heavy atom. The van der Waals surface area contributed by atoms with E-state index in [1.165, 1.54) is 22.7 Å². The van der Waals surface area contributed by atoms with Crippen LogP contribution in [0.1, 0.15) is 27.7 Å². The summed E-state index contributed by atoms with van der Waals surface area (Å²) in [6.07, 6.45) is 2.33. The van der Waals surface area contributed by atoms with Crippen LogP contribution in [0.5, 0.6) is 0 Å². The second kappa shape index (κ2) is 6.04. The second-order valence-corrected chi connectivity index (χ2v) is 5.34. The van der Waals surface area contributed by atoms with Crippen molar-refractivity contribution in [3.63, 3.8) is 0 Å². The number of carboxylic acid groups (broad SMARTS) is 1.